The Morgan fingerprint density at radius 1 is 1.32 bits per heavy atom. The molecule has 19 heavy (non-hydrogen) atoms. The fourth-order valence-electron chi connectivity index (χ4n) is 1.49. The van der Waals surface area contributed by atoms with Crippen LogP contribution in [0.1, 0.15) is 5.56 Å². The summed E-state index contributed by atoms with van der Waals surface area (Å²) in [6, 6.07) is 10.6. The Hall–Kier alpha value is -1.21. The molecular weight excluding hydrogens is 266 g/mol. The highest BCUT2D eigenvalue weighted by atomic mass is 32.3. The molecule has 0 heterocycles. The molecule has 0 N–H and O–H groups in total. The van der Waals surface area contributed by atoms with Crippen LogP contribution in [0.4, 0.5) is 0 Å². The van der Waals surface area contributed by atoms with Crippen LogP contribution in [0, 0.1) is 0 Å². The maximum absolute atomic E-state index is 9.22. The molecule has 0 amide bonds. The summed E-state index contributed by atoms with van der Waals surface area (Å²) in [5.74, 6) is 0. The van der Waals surface area contributed by atoms with E-state index < -0.39 is 10.4 Å². The summed E-state index contributed by atoms with van der Waals surface area (Å²) in [6.45, 7) is 5.84. The van der Waals surface area contributed by atoms with Crippen LogP contribution in [0.15, 0.2) is 43.0 Å². The highest BCUT2D eigenvalue weighted by molar-refractivity contribution is 7.80. The average Bonchev–Trinajstić information content (AvgIpc) is 2.29. The van der Waals surface area contributed by atoms with Gasteiger partial charge in [-0.1, -0.05) is 36.9 Å². The summed E-state index contributed by atoms with van der Waals surface area (Å²) >= 11 is 0. The van der Waals surface area contributed by atoms with Crippen LogP contribution in [-0.2, 0) is 21.1 Å². The van der Waals surface area contributed by atoms with Crippen LogP contribution >= 0.6 is 0 Å². The molecule has 1 aromatic rings. The largest absolute Gasteiger partial charge is 0.726 e. The standard InChI is InChI=1S/C12H18N.CH4O4S/c1-4-10-13(2,3)11-12-8-6-5-7-9-12;1-5-6(2,3)4/h4-9H,1,10-11H2,2-3H3;1H3,(H,2,3,4)/q+1;/p-1. The van der Waals surface area contributed by atoms with Crippen LogP contribution in [0.25, 0.3) is 0 Å². The average molecular weight is 287 g/mol. The Bertz CT molecular complexity index is 469. The van der Waals surface area contributed by atoms with Gasteiger partial charge in [-0.15, -0.1) is 0 Å². The number of likely N-dealkylation sites (N-methyl/N-ethyl adjacent to an activating group) is 1. The third kappa shape index (κ3) is 10.4. The third-order valence-corrected chi connectivity index (χ3v) is 2.69. The van der Waals surface area contributed by atoms with Crippen molar-refractivity contribution < 1.29 is 21.6 Å². The smallest absolute Gasteiger partial charge is 0.217 e. The van der Waals surface area contributed by atoms with Gasteiger partial charge in [0.1, 0.15) is 6.54 Å². The maximum Gasteiger partial charge on any atom is 0.217 e. The first kappa shape index (κ1) is 17.8. The van der Waals surface area contributed by atoms with Crippen molar-refractivity contribution in [3.8, 4) is 0 Å². The Morgan fingerprint density at radius 3 is 2.16 bits per heavy atom. The van der Waals surface area contributed by atoms with Gasteiger partial charge in [0, 0.05) is 5.56 Å². The topological polar surface area (TPSA) is 66.4 Å². The molecule has 0 atom stereocenters. The SMILES string of the molecule is C=CC[N+](C)(C)Cc1ccccc1.COS(=O)(=O)[O-]. The van der Waals surface area contributed by atoms with Crippen LogP contribution in [0.5, 0.6) is 0 Å². The van der Waals surface area contributed by atoms with E-state index >= 15 is 0 Å². The van der Waals surface area contributed by atoms with Crippen molar-refractivity contribution in [3.63, 3.8) is 0 Å². The lowest BCUT2D eigenvalue weighted by molar-refractivity contribution is -0.897. The van der Waals surface area contributed by atoms with E-state index in [-0.39, 0.29) is 0 Å². The summed E-state index contributed by atoms with van der Waals surface area (Å²) in [7, 11) is 0.830. The second-order valence-corrected chi connectivity index (χ2v) is 5.78. The van der Waals surface area contributed by atoms with E-state index in [1.54, 1.807) is 0 Å². The van der Waals surface area contributed by atoms with Crippen molar-refractivity contribution >= 4 is 10.4 Å². The summed E-state index contributed by atoms with van der Waals surface area (Å²) in [5.41, 5.74) is 1.38. The highest BCUT2D eigenvalue weighted by Crippen LogP contribution is 2.08. The fourth-order valence-corrected chi connectivity index (χ4v) is 1.49. The van der Waals surface area contributed by atoms with E-state index in [4.69, 9.17) is 0 Å². The number of hydrogen-bond acceptors (Lipinski definition) is 4. The van der Waals surface area contributed by atoms with Crippen molar-refractivity contribution in [2.45, 2.75) is 6.54 Å². The second kappa shape index (κ2) is 8.06. The fraction of sp³-hybridized carbons (Fsp3) is 0.385. The summed E-state index contributed by atoms with van der Waals surface area (Å²) < 4.78 is 32.0. The molecule has 0 aromatic heterocycles. The molecule has 0 fully saturated rings. The Kier molecular flexibility index (Phi) is 7.55. The van der Waals surface area contributed by atoms with Gasteiger partial charge in [0.05, 0.1) is 27.7 Å². The summed E-state index contributed by atoms with van der Waals surface area (Å²) in [4.78, 5) is 0. The molecule has 1 rings (SSSR count). The molecule has 0 aliphatic rings. The lowest BCUT2D eigenvalue weighted by Crippen LogP contribution is -2.38. The first-order chi connectivity index (χ1) is 8.70. The van der Waals surface area contributed by atoms with E-state index in [9.17, 15) is 13.0 Å². The molecule has 6 heteroatoms. The molecule has 1 aromatic carbocycles. The van der Waals surface area contributed by atoms with E-state index in [0.717, 1.165) is 24.7 Å². The van der Waals surface area contributed by atoms with E-state index in [1.807, 2.05) is 6.08 Å². The summed E-state index contributed by atoms with van der Waals surface area (Å²) in [6.07, 6.45) is 1.98. The quantitative estimate of drug-likeness (QED) is 0.356. The Morgan fingerprint density at radius 2 is 1.79 bits per heavy atom. The predicted molar refractivity (Wildman–Crippen MR) is 74.0 cm³/mol. The van der Waals surface area contributed by atoms with Gasteiger partial charge in [0.25, 0.3) is 0 Å². The van der Waals surface area contributed by atoms with Crippen LogP contribution in [0.2, 0.25) is 0 Å². The zero-order chi connectivity index (χ0) is 14.9. The van der Waals surface area contributed by atoms with Crippen molar-refractivity contribution in [1.29, 1.82) is 0 Å². The Labute approximate surface area is 115 Å². The predicted octanol–water partition coefficient (Wildman–Crippen LogP) is 1.54. The van der Waals surface area contributed by atoms with Gasteiger partial charge in [-0.05, 0) is 6.08 Å². The maximum atomic E-state index is 9.22. The molecular formula is C13H21NO4S. The van der Waals surface area contributed by atoms with E-state index in [2.05, 4.69) is 55.2 Å². The number of nitrogens with zero attached hydrogens (tertiary/aromatic N) is 1. The summed E-state index contributed by atoms with van der Waals surface area (Å²) in [5, 5.41) is 0. The molecule has 0 aliphatic heterocycles. The molecule has 5 nitrogen and oxygen atoms in total. The lowest BCUT2D eigenvalue weighted by atomic mass is 10.2. The molecule has 0 unspecified atom stereocenters. The van der Waals surface area contributed by atoms with Gasteiger partial charge in [-0.2, -0.15) is 0 Å². The van der Waals surface area contributed by atoms with Crippen LogP contribution < -0.4 is 0 Å². The van der Waals surface area contributed by atoms with Crippen molar-refractivity contribution in [1.82, 2.24) is 0 Å². The minimum atomic E-state index is -4.41. The van der Waals surface area contributed by atoms with Gasteiger partial charge in [0.15, 0.2) is 0 Å². The van der Waals surface area contributed by atoms with Crippen molar-refractivity contribution in [2.24, 2.45) is 0 Å². The highest BCUT2D eigenvalue weighted by Gasteiger charge is 2.12. The molecule has 0 aliphatic carbocycles. The minimum Gasteiger partial charge on any atom is -0.726 e. The molecule has 0 saturated heterocycles. The molecule has 0 spiro atoms. The minimum absolute atomic E-state index is 0.808. The lowest BCUT2D eigenvalue weighted by Gasteiger charge is -2.28. The van der Waals surface area contributed by atoms with E-state index in [0.29, 0.717) is 0 Å². The van der Waals surface area contributed by atoms with Crippen LogP contribution in [-0.4, -0.2) is 45.2 Å². The van der Waals surface area contributed by atoms with Gasteiger partial charge in [-0.3, -0.25) is 4.18 Å². The first-order valence-electron chi connectivity index (χ1n) is 5.68. The number of rotatable bonds is 5. The van der Waals surface area contributed by atoms with Gasteiger partial charge < -0.3 is 9.04 Å². The number of hydrogen-bond donors (Lipinski definition) is 0. The van der Waals surface area contributed by atoms with E-state index in [1.165, 1.54) is 5.56 Å². The zero-order valence-electron chi connectivity index (χ0n) is 11.6. The molecule has 0 saturated carbocycles. The molecule has 0 bridgehead atoms. The zero-order valence-corrected chi connectivity index (χ0v) is 12.4. The molecule has 0 radical (unpaired) electrons. The van der Waals surface area contributed by atoms with Gasteiger partial charge in [0.2, 0.25) is 10.4 Å². The van der Waals surface area contributed by atoms with Gasteiger partial charge in [-0.25, -0.2) is 8.42 Å². The van der Waals surface area contributed by atoms with Crippen LogP contribution in [0.3, 0.4) is 0 Å². The number of quaternary nitrogens is 1. The Balaban J connectivity index is 0.000000459. The number of benzene rings is 1. The third-order valence-electron chi connectivity index (χ3n) is 2.28. The van der Waals surface area contributed by atoms with Crippen molar-refractivity contribution in [3.05, 3.63) is 48.6 Å². The second-order valence-electron chi connectivity index (χ2n) is 4.63. The first-order valence-corrected chi connectivity index (χ1v) is 7.02. The van der Waals surface area contributed by atoms with Crippen molar-refractivity contribution in [2.75, 3.05) is 27.7 Å². The normalized spacial score (nSPS) is 11.4. The molecule has 108 valence electrons. The van der Waals surface area contributed by atoms with Gasteiger partial charge >= 0.3 is 0 Å². The monoisotopic (exact) mass is 287 g/mol.